The first-order chi connectivity index (χ1) is 10.2. The fourth-order valence-corrected chi connectivity index (χ4v) is 2.41. The normalized spacial score (nSPS) is 12.0. The van der Waals surface area contributed by atoms with Crippen LogP contribution >= 0.6 is 0 Å². The Labute approximate surface area is 126 Å². The van der Waals surface area contributed by atoms with Gasteiger partial charge in [0, 0.05) is 11.9 Å². The second kappa shape index (κ2) is 7.09. The van der Waals surface area contributed by atoms with Crippen LogP contribution in [-0.4, -0.2) is 25.7 Å². The first kappa shape index (κ1) is 15.3. The van der Waals surface area contributed by atoms with Gasteiger partial charge < -0.3 is 14.8 Å². The molecule has 1 atom stereocenters. The van der Waals surface area contributed by atoms with Crippen LogP contribution in [0.3, 0.4) is 0 Å². The van der Waals surface area contributed by atoms with Crippen molar-refractivity contribution >= 4 is 0 Å². The minimum atomic E-state index is -0.0193. The Morgan fingerprint density at radius 1 is 1.10 bits per heavy atom. The first-order valence-electron chi connectivity index (χ1n) is 7.08. The minimum Gasteiger partial charge on any atom is -0.496 e. The standard InChI is InChI=1S/C17H22N2O2/c1-5-18-17(13-10-9-12(2)19-11-13)16-14(20-3)7-6-8-15(16)21-4/h6-11,17-18H,5H2,1-4H3. The van der Waals surface area contributed by atoms with Gasteiger partial charge in [-0.3, -0.25) is 4.98 Å². The lowest BCUT2D eigenvalue weighted by atomic mass is 9.97. The molecule has 0 saturated heterocycles. The Bertz CT molecular complexity index is 560. The topological polar surface area (TPSA) is 43.4 Å². The van der Waals surface area contributed by atoms with Gasteiger partial charge in [0.05, 0.1) is 25.8 Å². The molecule has 0 amide bonds. The number of benzene rings is 1. The van der Waals surface area contributed by atoms with E-state index in [4.69, 9.17) is 9.47 Å². The molecule has 1 aromatic carbocycles. The number of aryl methyl sites for hydroxylation is 1. The zero-order chi connectivity index (χ0) is 15.2. The molecule has 21 heavy (non-hydrogen) atoms. The van der Waals surface area contributed by atoms with E-state index in [9.17, 15) is 0 Å². The zero-order valence-corrected chi connectivity index (χ0v) is 13.0. The Hall–Kier alpha value is -2.07. The van der Waals surface area contributed by atoms with E-state index in [0.29, 0.717) is 0 Å². The first-order valence-corrected chi connectivity index (χ1v) is 7.08. The van der Waals surface area contributed by atoms with E-state index in [1.54, 1.807) is 14.2 Å². The summed E-state index contributed by atoms with van der Waals surface area (Å²) < 4.78 is 11.0. The van der Waals surface area contributed by atoms with Gasteiger partial charge in [0.1, 0.15) is 11.5 Å². The summed E-state index contributed by atoms with van der Waals surface area (Å²) in [6.45, 7) is 4.89. The number of ether oxygens (including phenoxy) is 2. The molecule has 1 aromatic heterocycles. The van der Waals surface area contributed by atoms with Crippen LogP contribution in [0.4, 0.5) is 0 Å². The number of aromatic nitrogens is 1. The van der Waals surface area contributed by atoms with Gasteiger partial charge in [0.2, 0.25) is 0 Å². The molecule has 0 fully saturated rings. The van der Waals surface area contributed by atoms with Crippen LogP contribution < -0.4 is 14.8 Å². The maximum Gasteiger partial charge on any atom is 0.127 e. The summed E-state index contributed by atoms with van der Waals surface area (Å²) in [7, 11) is 3.35. The number of nitrogens with one attached hydrogen (secondary N) is 1. The SMILES string of the molecule is CCNC(c1ccc(C)nc1)c1c(OC)cccc1OC. The number of nitrogens with zero attached hydrogens (tertiary/aromatic N) is 1. The molecule has 2 rings (SSSR count). The van der Waals surface area contributed by atoms with Gasteiger partial charge in [-0.1, -0.05) is 19.1 Å². The summed E-state index contributed by atoms with van der Waals surface area (Å²) in [5, 5.41) is 3.48. The van der Waals surface area contributed by atoms with Crippen LogP contribution in [0.5, 0.6) is 11.5 Å². The summed E-state index contributed by atoms with van der Waals surface area (Å²) in [4.78, 5) is 4.40. The van der Waals surface area contributed by atoms with Crippen LogP contribution in [0, 0.1) is 6.92 Å². The summed E-state index contributed by atoms with van der Waals surface area (Å²) in [5.74, 6) is 1.61. The molecule has 1 N–H and O–H groups in total. The van der Waals surface area contributed by atoms with Crippen molar-refractivity contribution in [3.8, 4) is 11.5 Å². The predicted octanol–water partition coefficient (Wildman–Crippen LogP) is 3.11. The van der Waals surface area contributed by atoms with Gasteiger partial charge >= 0.3 is 0 Å². The lowest BCUT2D eigenvalue weighted by molar-refractivity contribution is 0.377. The lowest BCUT2D eigenvalue weighted by Gasteiger charge is -2.23. The van der Waals surface area contributed by atoms with E-state index in [2.05, 4.69) is 23.3 Å². The second-order valence-electron chi connectivity index (χ2n) is 4.80. The molecule has 0 aliphatic heterocycles. The van der Waals surface area contributed by atoms with Crippen molar-refractivity contribution in [1.29, 1.82) is 0 Å². The van der Waals surface area contributed by atoms with Gasteiger partial charge in [-0.05, 0) is 37.2 Å². The summed E-state index contributed by atoms with van der Waals surface area (Å²) in [5.41, 5.74) is 3.08. The van der Waals surface area contributed by atoms with E-state index < -0.39 is 0 Å². The number of rotatable bonds is 6. The Morgan fingerprint density at radius 2 is 1.76 bits per heavy atom. The van der Waals surface area contributed by atoms with Crippen LogP contribution in [0.1, 0.15) is 29.8 Å². The lowest BCUT2D eigenvalue weighted by Crippen LogP contribution is -2.23. The van der Waals surface area contributed by atoms with Crippen molar-refractivity contribution in [3.63, 3.8) is 0 Å². The van der Waals surface area contributed by atoms with Crippen molar-refractivity contribution in [2.24, 2.45) is 0 Å². The third-order valence-corrected chi connectivity index (χ3v) is 3.43. The quantitative estimate of drug-likeness (QED) is 0.886. The molecule has 0 radical (unpaired) electrons. The van der Waals surface area contributed by atoms with Gasteiger partial charge in [-0.2, -0.15) is 0 Å². The monoisotopic (exact) mass is 286 g/mol. The maximum atomic E-state index is 5.52. The van der Waals surface area contributed by atoms with E-state index in [-0.39, 0.29) is 6.04 Å². The molecule has 1 unspecified atom stereocenters. The molecule has 0 aliphatic carbocycles. The highest BCUT2D eigenvalue weighted by Gasteiger charge is 2.22. The van der Waals surface area contributed by atoms with Crippen molar-refractivity contribution in [3.05, 3.63) is 53.3 Å². The molecule has 2 aromatic rings. The molecule has 0 bridgehead atoms. The molecular weight excluding hydrogens is 264 g/mol. The average molecular weight is 286 g/mol. The van der Waals surface area contributed by atoms with E-state index >= 15 is 0 Å². The van der Waals surface area contributed by atoms with Crippen LogP contribution in [0.2, 0.25) is 0 Å². The van der Waals surface area contributed by atoms with E-state index in [1.807, 2.05) is 37.4 Å². The molecule has 112 valence electrons. The molecule has 0 saturated carbocycles. The second-order valence-corrected chi connectivity index (χ2v) is 4.80. The van der Waals surface area contributed by atoms with E-state index in [0.717, 1.165) is 34.9 Å². The van der Waals surface area contributed by atoms with E-state index in [1.165, 1.54) is 0 Å². The van der Waals surface area contributed by atoms with Crippen molar-refractivity contribution < 1.29 is 9.47 Å². The fourth-order valence-electron chi connectivity index (χ4n) is 2.41. The molecule has 0 spiro atoms. The Balaban J connectivity index is 2.54. The highest BCUT2D eigenvalue weighted by atomic mass is 16.5. The van der Waals surface area contributed by atoms with Gasteiger partial charge in [0.25, 0.3) is 0 Å². The third-order valence-electron chi connectivity index (χ3n) is 3.43. The summed E-state index contributed by atoms with van der Waals surface area (Å²) in [6.07, 6.45) is 1.90. The summed E-state index contributed by atoms with van der Waals surface area (Å²) >= 11 is 0. The van der Waals surface area contributed by atoms with Gasteiger partial charge in [-0.15, -0.1) is 0 Å². The van der Waals surface area contributed by atoms with Crippen LogP contribution in [0.15, 0.2) is 36.5 Å². The minimum absolute atomic E-state index is 0.0193. The third kappa shape index (κ3) is 3.34. The fraction of sp³-hybridized carbons (Fsp3) is 0.353. The predicted molar refractivity (Wildman–Crippen MR) is 84.0 cm³/mol. The molecular formula is C17H22N2O2. The molecule has 0 aliphatic rings. The summed E-state index contributed by atoms with van der Waals surface area (Å²) in [6, 6.07) is 9.91. The number of hydrogen-bond acceptors (Lipinski definition) is 4. The zero-order valence-electron chi connectivity index (χ0n) is 13.0. The number of methoxy groups -OCH3 is 2. The smallest absolute Gasteiger partial charge is 0.127 e. The Morgan fingerprint density at radius 3 is 2.24 bits per heavy atom. The Kier molecular flexibility index (Phi) is 5.17. The number of hydrogen-bond donors (Lipinski definition) is 1. The molecule has 4 nitrogen and oxygen atoms in total. The van der Waals surface area contributed by atoms with Crippen LogP contribution in [0.25, 0.3) is 0 Å². The van der Waals surface area contributed by atoms with Gasteiger partial charge in [0.15, 0.2) is 0 Å². The maximum absolute atomic E-state index is 5.52. The highest BCUT2D eigenvalue weighted by Crippen LogP contribution is 2.37. The van der Waals surface area contributed by atoms with Gasteiger partial charge in [-0.25, -0.2) is 0 Å². The average Bonchev–Trinajstić information content (AvgIpc) is 2.53. The number of pyridine rings is 1. The largest absolute Gasteiger partial charge is 0.496 e. The van der Waals surface area contributed by atoms with Crippen molar-refractivity contribution in [2.75, 3.05) is 20.8 Å². The van der Waals surface area contributed by atoms with Crippen molar-refractivity contribution in [2.45, 2.75) is 19.9 Å². The molecule has 4 heteroatoms. The van der Waals surface area contributed by atoms with Crippen molar-refractivity contribution in [1.82, 2.24) is 10.3 Å². The molecule has 1 heterocycles. The van der Waals surface area contributed by atoms with Crippen LogP contribution in [-0.2, 0) is 0 Å². The highest BCUT2D eigenvalue weighted by molar-refractivity contribution is 5.50.